The maximum atomic E-state index is 12.9. The fourth-order valence-electron chi connectivity index (χ4n) is 3.54. The van der Waals surface area contributed by atoms with Gasteiger partial charge in [-0.2, -0.15) is 0 Å². The number of hydrogen-bond acceptors (Lipinski definition) is 6. The summed E-state index contributed by atoms with van der Waals surface area (Å²) >= 11 is 1.64. The minimum absolute atomic E-state index is 0.00859. The summed E-state index contributed by atoms with van der Waals surface area (Å²) in [6.45, 7) is 4.26. The van der Waals surface area contributed by atoms with Crippen molar-refractivity contribution in [3.63, 3.8) is 0 Å². The monoisotopic (exact) mass is 411 g/mol. The number of aromatic nitrogens is 1. The van der Waals surface area contributed by atoms with Gasteiger partial charge < -0.3 is 14.4 Å². The highest BCUT2D eigenvalue weighted by atomic mass is 32.1. The highest BCUT2D eigenvalue weighted by Gasteiger charge is 2.23. The van der Waals surface area contributed by atoms with Crippen molar-refractivity contribution < 1.29 is 14.3 Å². The fourth-order valence-corrected chi connectivity index (χ4v) is 4.56. The van der Waals surface area contributed by atoms with Gasteiger partial charge in [0.1, 0.15) is 22.6 Å². The molecule has 0 bridgehead atoms. The van der Waals surface area contributed by atoms with Crippen molar-refractivity contribution in [2.75, 3.05) is 27.2 Å². The molecule has 1 aliphatic rings. The minimum Gasteiger partial charge on any atom is -0.497 e. The van der Waals surface area contributed by atoms with E-state index in [4.69, 9.17) is 9.47 Å². The standard InChI is InChI=1S/C22H25N3O3S/c1-15-11-25(12-16-8-9-17(27-3)10-19(16)28-15)14-22(26)24(2)13-21-23-18-6-4-5-7-20(18)29-21/h4-10,15H,11-14H2,1-3H3/t15-/m0/s1. The number of carbonyl (C=O) groups is 1. The van der Waals surface area contributed by atoms with E-state index in [0.29, 0.717) is 26.2 Å². The molecule has 3 aromatic rings. The van der Waals surface area contributed by atoms with Crippen LogP contribution in [0.3, 0.4) is 0 Å². The SMILES string of the molecule is COc1ccc2c(c1)O[C@@H](C)CN(CC(=O)N(C)Cc1nc3ccccc3s1)C2. The Kier molecular flexibility index (Phi) is 5.69. The molecule has 2 heterocycles. The van der Waals surface area contributed by atoms with Gasteiger partial charge in [-0.1, -0.05) is 18.2 Å². The lowest BCUT2D eigenvalue weighted by Crippen LogP contribution is -2.40. The third-order valence-corrected chi connectivity index (χ3v) is 6.03. The summed E-state index contributed by atoms with van der Waals surface area (Å²) in [7, 11) is 3.49. The Labute approximate surface area is 174 Å². The van der Waals surface area contributed by atoms with Crippen molar-refractivity contribution in [2.45, 2.75) is 26.1 Å². The molecule has 29 heavy (non-hydrogen) atoms. The van der Waals surface area contributed by atoms with Crippen LogP contribution in [0, 0.1) is 0 Å². The highest BCUT2D eigenvalue weighted by Crippen LogP contribution is 2.29. The Morgan fingerprint density at radius 1 is 1.34 bits per heavy atom. The van der Waals surface area contributed by atoms with E-state index >= 15 is 0 Å². The van der Waals surface area contributed by atoms with E-state index in [1.165, 1.54) is 0 Å². The number of hydrogen-bond donors (Lipinski definition) is 0. The number of fused-ring (bicyclic) bond motifs is 2. The van der Waals surface area contributed by atoms with Gasteiger partial charge in [0.25, 0.3) is 0 Å². The molecule has 0 fully saturated rings. The predicted molar refractivity (Wildman–Crippen MR) is 114 cm³/mol. The molecular formula is C22H25N3O3S. The number of rotatable bonds is 5. The molecule has 7 heteroatoms. The topological polar surface area (TPSA) is 54.9 Å². The van der Waals surface area contributed by atoms with Crippen LogP contribution in [-0.4, -0.2) is 54.0 Å². The van der Waals surface area contributed by atoms with E-state index < -0.39 is 0 Å². The number of thiazole rings is 1. The van der Waals surface area contributed by atoms with E-state index in [1.807, 2.05) is 50.4 Å². The van der Waals surface area contributed by atoms with Gasteiger partial charge in [-0.05, 0) is 25.1 Å². The minimum atomic E-state index is -0.00859. The number of methoxy groups -OCH3 is 1. The molecule has 1 amide bonds. The molecule has 0 radical (unpaired) electrons. The van der Waals surface area contributed by atoms with Crippen molar-refractivity contribution in [3.8, 4) is 11.5 Å². The van der Waals surface area contributed by atoms with E-state index in [1.54, 1.807) is 23.3 Å². The summed E-state index contributed by atoms with van der Waals surface area (Å²) < 4.78 is 12.5. The van der Waals surface area contributed by atoms with Crippen LogP contribution in [0.2, 0.25) is 0 Å². The first-order valence-electron chi connectivity index (χ1n) is 9.66. The van der Waals surface area contributed by atoms with Gasteiger partial charge in [-0.25, -0.2) is 4.98 Å². The van der Waals surface area contributed by atoms with Gasteiger partial charge >= 0.3 is 0 Å². The molecule has 152 valence electrons. The lowest BCUT2D eigenvalue weighted by Gasteiger charge is -2.24. The van der Waals surface area contributed by atoms with Gasteiger partial charge in [0, 0.05) is 31.8 Å². The molecular weight excluding hydrogens is 386 g/mol. The van der Waals surface area contributed by atoms with E-state index in [9.17, 15) is 4.79 Å². The van der Waals surface area contributed by atoms with Crippen LogP contribution in [0.4, 0.5) is 0 Å². The number of amides is 1. The molecule has 1 atom stereocenters. The van der Waals surface area contributed by atoms with Crippen molar-refractivity contribution in [1.82, 2.24) is 14.8 Å². The molecule has 0 aliphatic carbocycles. The van der Waals surface area contributed by atoms with Crippen LogP contribution < -0.4 is 9.47 Å². The Balaban J connectivity index is 1.42. The van der Waals surface area contributed by atoms with E-state index in [2.05, 4.69) is 16.0 Å². The third-order valence-electron chi connectivity index (χ3n) is 5.01. The Bertz CT molecular complexity index is 986. The zero-order valence-electron chi connectivity index (χ0n) is 16.9. The van der Waals surface area contributed by atoms with Crippen LogP contribution in [0.25, 0.3) is 10.2 Å². The van der Waals surface area contributed by atoms with Crippen LogP contribution in [0.1, 0.15) is 17.5 Å². The summed E-state index contributed by atoms with van der Waals surface area (Å²) in [6.07, 6.45) is -0.00859. The zero-order chi connectivity index (χ0) is 20.4. The van der Waals surface area contributed by atoms with Crippen LogP contribution in [-0.2, 0) is 17.9 Å². The van der Waals surface area contributed by atoms with Gasteiger partial charge in [-0.3, -0.25) is 9.69 Å². The summed E-state index contributed by atoms with van der Waals surface area (Å²) in [6, 6.07) is 13.9. The maximum Gasteiger partial charge on any atom is 0.236 e. The van der Waals surface area contributed by atoms with Gasteiger partial charge in [0.05, 0.1) is 30.4 Å². The number of carbonyl (C=O) groups excluding carboxylic acids is 1. The molecule has 0 saturated heterocycles. The molecule has 0 unspecified atom stereocenters. The van der Waals surface area contributed by atoms with Crippen molar-refractivity contribution >= 4 is 27.5 Å². The van der Waals surface area contributed by atoms with Gasteiger partial charge in [-0.15, -0.1) is 11.3 Å². The quantitative estimate of drug-likeness (QED) is 0.643. The lowest BCUT2D eigenvalue weighted by molar-refractivity contribution is -0.131. The van der Waals surface area contributed by atoms with Crippen molar-refractivity contribution in [3.05, 3.63) is 53.0 Å². The fraction of sp³-hybridized carbons (Fsp3) is 0.364. The largest absolute Gasteiger partial charge is 0.497 e. The van der Waals surface area contributed by atoms with Gasteiger partial charge in [0.15, 0.2) is 0 Å². The predicted octanol–water partition coefficient (Wildman–Crippen LogP) is 3.55. The Hall–Kier alpha value is -2.64. The number of para-hydroxylation sites is 1. The number of ether oxygens (including phenoxy) is 2. The Morgan fingerprint density at radius 3 is 2.97 bits per heavy atom. The summed E-state index contributed by atoms with van der Waals surface area (Å²) in [5, 5.41) is 0.951. The number of likely N-dealkylation sites (N-methyl/N-ethyl adjacent to an activating group) is 1. The average molecular weight is 412 g/mol. The second kappa shape index (κ2) is 8.39. The molecule has 0 N–H and O–H groups in total. The van der Waals surface area contributed by atoms with Crippen molar-refractivity contribution in [1.29, 1.82) is 0 Å². The van der Waals surface area contributed by atoms with Crippen LogP contribution in [0.5, 0.6) is 11.5 Å². The molecule has 2 aromatic carbocycles. The van der Waals surface area contributed by atoms with Crippen LogP contribution >= 0.6 is 11.3 Å². The van der Waals surface area contributed by atoms with E-state index in [-0.39, 0.29) is 12.0 Å². The zero-order valence-corrected chi connectivity index (χ0v) is 17.7. The third kappa shape index (κ3) is 4.52. The first-order valence-corrected chi connectivity index (χ1v) is 10.5. The highest BCUT2D eigenvalue weighted by molar-refractivity contribution is 7.18. The summed E-state index contributed by atoms with van der Waals surface area (Å²) in [4.78, 5) is 21.4. The number of nitrogens with zero attached hydrogens (tertiary/aromatic N) is 3. The van der Waals surface area contributed by atoms with Gasteiger partial charge in [0.2, 0.25) is 5.91 Å². The normalized spacial score (nSPS) is 16.7. The molecule has 1 aromatic heterocycles. The summed E-state index contributed by atoms with van der Waals surface area (Å²) in [5.41, 5.74) is 2.05. The second-order valence-electron chi connectivity index (χ2n) is 7.40. The summed E-state index contributed by atoms with van der Waals surface area (Å²) in [5.74, 6) is 1.68. The molecule has 1 aliphatic heterocycles. The second-order valence-corrected chi connectivity index (χ2v) is 8.51. The maximum absolute atomic E-state index is 12.9. The molecule has 0 saturated carbocycles. The van der Waals surface area contributed by atoms with E-state index in [0.717, 1.165) is 32.3 Å². The molecule has 4 rings (SSSR count). The average Bonchev–Trinajstić information content (AvgIpc) is 3.03. The Morgan fingerprint density at radius 2 is 2.17 bits per heavy atom. The first-order chi connectivity index (χ1) is 14.0. The van der Waals surface area contributed by atoms with Crippen LogP contribution in [0.15, 0.2) is 42.5 Å². The first kappa shape index (κ1) is 19.7. The van der Waals surface area contributed by atoms with Crippen molar-refractivity contribution in [2.24, 2.45) is 0 Å². The molecule has 6 nitrogen and oxygen atoms in total. The lowest BCUT2D eigenvalue weighted by atomic mass is 10.2. The smallest absolute Gasteiger partial charge is 0.236 e. The molecule has 0 spiro atoms. The number of benzene rings is 2.